The summed E-state index contributed by atoms with van der Waals surface area (Å²) < 4.78 is 0. The quantitative estimate of drug-likeness (QED) is 0.795. The Morgan fingerprint density at radius 2 is 1.89 bits per heavy atom. The van der Waals surface area contributed by atoms with E-state index in [0.717, 1.165) is 24.9 Å². The number of hydrogen-bond acceptors (Lipinski definition) is 2. The molecule has 2 amide bonds. The lowest BCUT2D eigenvalue weighted by Crippen LogP contribution is -2.37. The van der Waals surface area contributed by atoms with Crippen LogP contribution in [0.1, 0.15) is 32.3 Å². The van der Waals surface area contributed by atoms with Crippen LogP contribution >= 0.6 is 0 Å². The van der Waals surface area contributed by atoms with Crippen LogP contribution in [-0.4, -0.2) is 35.7 Å². The molecule has 0 unspecified atom stereocenters. The van der Waals surface area contributed by atoms with Crippen molar-refractivity contribution < 1.29 is 9.90 Å². The van der Waals surface area contributed by atoms with Gasteiger partial charge in [0.15, 0.2) is 0 Å². The molecule has 0 bridgehead atoms. The van der Waals surface area contributed by atoms with Crippen LogP contribution in [-0.2, 0) is 6.42 Å². The Kier molecular flexibility index (Phi) is 6.97. The Balaban J connectivity index is 2.58. The molecule has 1 aromatic carbocycles. The Morgan fingerprint density at radius 3 is 2.42 bits per heavy atom. The number of anilines is 1. The van der Waals surface area contributed by atoms with Gasteiger partial charge >= 0.3 is 6.03 Å². The van der Waals surface area contributed by atoms with Crippen molar-refractivity contribution in [1.29, 1.82) is 0 Å². The van der Waals surface area contributed by atoms with Gasteiger partial charge in [-0.1, -0.05) is 32.4 Å². The van der Waals surface area contributed by atoms with Gasteiger partial charge in [0.1, 0.15) is 0 Å². The summed E-state index contributed by atoms with van der Waals surface area (Å²) in [6, 6.07) is 7.70. The molecule has 4 nitrogen and oxygen atoms in total. The van der Waals surface area contributed by atoms with Crippen LogP contribution in [0.2, 0.25) is 0 Å². The molecule has 0 fully saturated rings. The summed E-state index contributed by atoms with van der Waals surface area (Å²) in [4.78, 5) is 13.7. The molecule has 0 saturated heterocycles. The van der Waals surface area contributed by atoms with E-state index in [4.69, 9.17) is 5.11 Å². The number of amides is 2. The Bertz CT molecular complexity index is 376. The van der Waals surface area contributed by atoms with Crippen molar-refractivity contribution in [3.8, 4) is 0 Å². The second-order valence-corrected chi connectivity index (χ2v) is 4.54. The first kappa shape index (κ1) is 15.5. The highest BCUT2D eigenvalue weighted by Crippen LogP contribution is 2.11. The van der Waals surface area contributed by atoms with Gasteiger partial charge in [-0.2, -0.15) is 0 Å². The summed E-state index contributed by atoms with van der Waals surface area (Å²) in [5, 5.41) is 11.9. The van der Waals surface area contributed by atoms with Crippen LogP contribution in [0.25, 0.3) is 0 Å². The van der Waals surface area contributed by atoms with Gasteiger partial charge in [-0.05, 0) is 30.5 Å². The van der Waals surface area contributed by atoms with E-state index < -0.39 is 0 Å². The number of hydrogen-bond donors (Lipinski definition) is 2. The highest BCUT2D eigenvalue weighted by Gasteiger charge is 2.12. The van der Waals surface area contributed by atoms with Crippen molar-refractivity contribution in [2.24, 2.45) is 0 Å². The molecular formula is C15H24N2O2. The van der Waals surface area contributed by atoms with Crippen molar-refractivity contribution in [3.63, 3.8) is 0 Å². The molecule has 0 aliphatic carbocycles. The number of benzene rings is 1. The largest absolute Gasteiger partial charge is 0.395 e. The number of aryl methyl sites for hydroxylation is 1. The van der Waals surface area contributed by atoms with E-state index in [1.54, 1.807) is 4.90 Å². The Morgan fingerprint density at radius 1 is 1.21 bits per heavy atom. The predicted octanol–water partition coefficient (Wildman–Crippen LogP) is 2.88. The predicted molar refractivity (Wildman–Crippen MR) is 78.4 cm³/mol. The zero-order chi connectivity index (χ0) is 14.1. The minimum absolute atomic E-state index is 0.00803. The number of carbonyl (C=O) groups excluding carboxylic acids is 1. The van der Waals surface area contributed by atoms with Gasteiger partial charge in [-0.15, -0.1) is 0 Å². The lowest BCUT2D eigenvalue weighted by Gasteiger charge is -2.22. The average Bonchev–Trinajstić information content (AvgIpc) is 2.44. The first-order valence-electron chi connectivity index (χ1n) is 6.97. The minimum atomic E-state index is -0.147. The van der Waals surface area contributed by atoms with Crippen molar-refractivity contribution >= 4 is 11.7 Å². The van der Waals surface area contributed by atoms with Crippen LogP contribution in [0.5, 0.6) is 0 Å². The van der Waals surface area contributed by atoms with E-state index in [2.05, 4.69) is 19.2 Å². The molecule has 1 rings (SSSR count). The number of nitrogens with zero attached hydrogens (tertiary/aromatic N) is 1. The van der Waals surface area contributed by atoms with Crippen LogP contribution in [0.15, 0.2) is 24.3 Å². The van der Waals surface area contributed by atoms with Crippen LogP contribution in [0.3, 0.4) is 0 Å². The molecule has 0 aromatic heterocycles. The van der Waals surface area contributed by atoms with E-state index in [1.807, 2.05) is 24.3 Å². The number of nitrogens with one attached hydrogen (secondary N) is 1. The molecule has 0 aliphatic heterocycles. The maximum absolute atomic E-state index is 12.1. The molecule has 0 aliphatic rings. The molecule has 0 radical (unpaired) electrons. The van der Waals surface area contributed by atoms with E-state index >= 15 is 0 Å². The van der Waals surface area contributed by atoms with Gasteiger partial charge in [0, 0.05) is 18.8 Å². The van der Waals surface area contributed by atoms with Crippen molar-refractivity contribution in [2.75, 3.05) is 25.0 Å². The number of rotatable bonds is 7. The topological polar surface area (TPSA) is 52.6 Å². The number of carbonyl (C=O) groups is 1. The molecule has 4 heteroatoms. The van der Waals surface area contributed by atoms with Crippen molar-refractivity contribution in [2.45, 2.75) is 33.1 Å². The smallest absolute Gasteiger partial charge is 0.321 e. The second-order valence-electron chi connectivity index (χ2n) is 4.54. The van der Waals surface area contributed by atoms with Gasteiger partial charge in [-0.25, -0.2) is 4.79 Å². The van der Waals surface area contributed by atoms with Crippen LogP contribution in [0, 0.1) is 0 Å². The fourth-order valence-corrected chi connectivity index (χ4v) is 1.81. The summed E-state index contributed by atoms with van der Waals surface area (Å²) in [5.74, 6) is 0. The summed E-state index contributed by atoms with van der Waals surface area (Å²) in [7, 11) is 0. The third-order valence-electron chi connectivity index (χ3n) is 3.05. The molecule has 1 aromatic rings. The maximum atomic E-state index is 12.1. The maximum Gasteiger partial charge on any atom is 0.321 e. The first-order valence-corrected chi connectivity index (χ1v) is 6.97. The van der Waals surface area contributed by atoms with Crippen molar-refractivity contribution in [3.05, 3.63) is 29.8 Å². The van der Waals surface area contributed by atoms with Crippen LogP contribution < -0.4 is 5.32 Å². The fourth-order valence-electron chi connectivity index (χ4n) is 1.81. The van der Waals surface area contributed by atoms with E-state index in [-0.39, 0.29) is 12.6 Å². The molecule has 106 valence electrons. The standard InChI is InChI=1S/C15H24N2O2/c1-3-5-10-17(11-12-18)15(19)16-14-8-6-13(4-2)7-9-14/h6-9,18H,3-5,10-12H2,1-2H3,(H,16,19). The monoisotopic (exact) mass is 264 g/mol. The SMILES string of the molecule is CCCCN(CCO)C(=O)Nc1ccc(CC)cc1. The lowest BCUT2D eigenvalue weighted by atomic mass is 10.1. The molecule has 19 heavy (non-hydrogen) atoms. The third kappa shape index (κ3) is 5.30. The van der Waals surface area contributed by atoms with Crippen LogP contribution in [0.4, 0.5) is 10.5 Å². The van der Waals surface area contributed by atoms with Crippen molar-refractivity contribution in [1.82, 2.24) is 4.90 Å². The lowest BCUT2D eigenvalue weighted by molar-refractivity contribution is 0.187. The molecule has 2 N–H and O–H groups in total. The molecule has 0 spiro atoms. The molecule has 0 heterocycles. The zero-order valence-electron chi connectivity index (χ0n) is 11.9. The average molecular weight is 264 g/mol. The molecule has 0 saturated carbocycles. The summed E-state index contributed by atoms with van der Waals surface area (Å²) in [5.41, 5.74) is 2.04. The first-order chi connectivity index (χ1) is 9.21. The van der Waals surface area contributed by atoms with Gasteiger partial charge in [-0.3, -0.25) is 0 Å². The van der Waals surface area contributed by atoms with E-state index in [1.165, 1.54) is 5.56 Å². The van der Waals surface area contributed by atoms with Gasteiger partial charge < -0.3 is 15.3 Å². The molecule has 0 atom stereocenters. The van der Waals surface area contributed by atoms with Gasteiger partial charge in [0.05, 0.1) is 6.61 Å². The minimum Gasteiger partial charge on any atom is -0.395 e. The highest BCUT2D eigenvalue weighted by molar-refractivity contribution is 5.89. The number of urea groups is 1. The number of aliphatic hydroxyl groups is 1. The van der Waals surface area contributed by atoms with E-state index in [0.29, 0.717) is 13.1 Å². The Labute approximate surface area is 115 Å². The van der Waals surface area contributed by atoms with E-state index in [9.17, 15) is 4.79 Å². The van der Waals surface area contributed by atoms with Gasteiger partial charge in [0.25, 0.3) is 0 Å². The summed E-state index contributed by atoms with van der Waals surface area (Å²) in [6.07, 6.45) is 2.96. The molecular weight excluding hydrogens is 240 g/mol. The third-order valence-corrected chi connectivity index (χ3v) is 3.05. The fraction of sp³-hybridized carbons (Fsp3) is 0.533. The second kappa shape index (κ2) is 8.53. The summed E-state index contributed by atoms with van der Waals surface area (Å²) in [6.45, 7) is 5.22. The highest BCUT2D eigenvalue weighted by atomic mass is 16.3. The number of aliphatic hydroxyl groups excluding tert-OH is 1. The van der Waals surface area contributed by atoms with Gasteiger partial charge in [0.2, 0.25) is 0 Å². The zero-order valence-corrected chi connectivity index (χ0v) is 11.9. The normalized spacial score (nSPS) is 10.3. The number of unbranched alkanes of at least 4 members (excludes halogenated alkanes) is 1. The Hall–Kier alpha value is -1.55. The summed E-state index contributed by atoms with van der Waals surface area (Å²) >= 11 is 0.